The molecule has 0 aliphatic heterocycles. The van der Waals surface area contributed by atoms with Gasteiger partial charge in [-0.1, -0.05) is 35.2 Å². The zero-order chi connectivity index (χ0) is 13.0. The minimum absolute atomic E-state index is 0.175. The molecule has 1 aliphatic carbocycles. The Bertz CT molecular complexity index is 368. The second kappa shape index (κ2) is 6.67. The van der Waals surface area contributed by atoms with E-state index in [2.05, 4.69) is 28.2 Å². The lowest BCUT2D eigenvalue weighted by molar-refractivity contribution is 0.280. The third-order valence-corrected chi connectivity index (χ3v) is 4.37. The summed E-state index contributed by atoms with van der Waals surface area (Å²) >= 11 is 3.33. The van der Waals surface area contributed by atoms with Crippen LogP contribution in [0.2, 0.25) is 0 Å². The highest BCUT2D eigenvalue weighted by molar-refractivity contribution is 9.10. The predicted octanol–water partition coefficient (Wildman–Crippen LogP) is 4.65. The highest BCUT2D eigenvalue weighted by Gasteiger charge is 2.19. The number of rotatable bonds is 4. The summed E-state index contributed by atoms with van der Waals surface area (Å²) in [6.45, 7) is 3.00. The van der Waals surface area contributed by atoms with Gasteiger partial charge >= 0.3 is 0 Å². The van der Waals surface area contributed by atoms with Gasteiger partial charge in [0.05, 0.1) is 0 Å². The second-order valence-electron chi connectivity index (χ2n) is 5.35. The van der Waals surface area contributed by atoms with Gasteiger partial charge in [0.25, 0.3) is 0 Å². The van der Waals surface area contributed by atoms with E-state index in [0.29, 0.717) is 6.04 Å². The van der Waals surface area contributed by atoms with Gasteiger partial charge in [-0.3, -0.25) is 0 Å². The van der Waals surface area contributed by atoms with Crippen LogP contribution in [0.4, 0.5) is 4.39 Å². The summed E-state index contributed by atoms with van der Waals surface area (Å²) in [6.07, 6.45) is 6.78. The Kier molecular flexibility index (Phi) is 5.19. The fourth-order valence-corrected chi connectivity index (χ4v) is 3.31. The Morgan fingerprint density at radius 2 is 2.00 bits per heavy atom. The Labute approximate surface area is 117 Å². The molecule has 3 heteroatoms. The highest BCUT2D eigenvalue weighted by atomic mass is 79.9. The van der Waals surface area contributed by atoms with Crippen molar-refractivity contribution in [1.82, 2.24) is 5.32 Å². The molecular formula is C15H21BrFN. The molecule has 0 bridgehead atoms. The summed E-state index contributed by atoms with van der Waals surface area (Å²) < 4.78 is 14.1. The van der Waals surface area contributed by atoms with Crippen molar-refractivity contribution in [2.75, 3.05) is 0 Å². The lowest BCUT2D eigenvalue weighted by Gasteiger charge is -2.28. The van der Waals surface area contributed by atoms with Crippen LogP contribution in [0.1, 0.15) is 44.6 Å². The molecule has 1 aromatic carbocycles. The Morgan fingerprint density at radius 3 is 2.67 bits per heavy atom. The van der Waals surface area contributed by atoms with Gasteiger partial charge in [0, 0.05) is 17.1 Å². The quantitative estimate of drug-likeness (QED) is 0.853. The fourth-order valence-electron chi connectivity index (χ4n) is 2.79. The van der Waals surface area contributed by atoms with Crippen LogP contribution in [0, 0.1) is 11.7 Å². The van der Waals surface area contributed by atoms with Gasteiger partial charge in [-0.15, -0.1) is 0 Å². The SMILES string of the molecule is C[C@@H](NCc1cc(F)cc(Br)c1)C1CCCCC1. The van der Waals surface area contributed by atoms with Crippen molar-refractivity contribution in [1.29, 1.82) is 0 Å². The first kappa shape index (κ1) is 14.0. The minimum Gasteiger partial charge on any atom is -0.310 e. The summed E-state index contributed by atoms with van der Waals surface area (Å²) in [6, 6.07) is 5.59. The number of benzene rings is 1. The normalized spacial score (nSPS) is 18.8. The average Bonchev–Trinajstić information content (AvgIpc) is 2.36. The van der Waals surface area contributed by atoms with Gasteiger partial charge < -0.3 is 5.32 Å². The van der Waals surface area contributed by atoms with Crippen LogP contribution in [-0.4, -0.2) is 6.04 Å². The summed E-state index contributed by atoms with van der Waals surface area (Å²) in [4.78, 5) is 0. The molecule has 0 unspecified atom stereocenters. The van der Waals surface area contributed by atoms with Crippen LogP contribution in [0.25, 0.3) is 0 Å². The summed E-state index contributed by atoms with van der Waals surface area (Å²) in [5.41, 5.74) is 1.00. The average molecular weight is 314 g/mol. The molecule has 18 heavy (non-hydrogen) atoms. The van der Waals surface area contributed by atoms with Gasteiger partial charge in [-0.05, 0) is 49.4 Å². The molecule has 0 amide bonds. The first-order chi connectivity index (χ1) is 8.65. The third kappa shape index (κ3) is 4.06. The van der Waals surface area contributed by atoms with Gasteiger partial charge in [0.2, 0.25) is 0 Å². The third-order valence-electron chi connectivity index (χ3n) is 3.91. The molecule has 0 heterocycles. The number of hydrogen-bond donors (Lipinski definition) is 1. The summed E-state index contributed by atoms with van der Waals surface area (Å²) in [5.74, 6) is 0.613. The largest absolute Gasteiger partial charge is 0.310 e. The van der Waals surface area contributed by atoms with Crippen LogP contribution in [0.5, 0.6) is 0 Å². The zero-order valence-electron chi connectivity index (χ0n) is 10.9. The maximum Gasteiger partial charge on any atom is 0.124 e. The van der Waals surface area contributed by atoms with E-state index in [9.17, 15) is 4.39 Å². The predicted molar refractivity (Wildman–Crippen MR) is 77.0 cm³/mol. The van der Waals surface area contributed by atoms with Crippen LogP contribution >= 0.6 is 15.9 Å². The molecule has 1 N–H and O–H groups in total. The van der Waals surface area contributed by atoms with Crippen molar-refractivity contribution in [3.63, 3.8) is 0 Å². The molecule has 2 rings (SSSR count). The van der Waals surface area contributed by atoms with E-state index in [-0.39, 0.29) is 5.82 Å². The molecule has 1 aromatic rings. The van der Waals surface area contributed by atoms with E-state index < -0.39 is 0 Å². The maximum atomic E-state index is 13.2. The molecular weight excluding hydrogens is 293 g/mol. The van der Waals surface area contributed by atoms with Crippen molar-refractivity contribution in [3.05, 3.63) is 34.1 Å². The van der Waals surface area contributed by atoms with Crippen molar-refractivity contribution in [3.8, 4) is 0 Å². The lowest BCUT2D eigenvalue weighted by Crippen LogP contribution is -2.34. The Balaban J connectivity index is 1.86. The number of halogens is 2. The highest BCUT2D eigenvalue weighted by Crippen LogP contribution is 2.26. The smallest absolute Gasteiger partial charge is 0.124 e. The standard InChI is InChI=1S/C15H21BrFN/c1-11(13-5-3-2-4-6-13)18-10-12-7-14(16)9-15(17)8-12/h7-9,11,13,18H,2-6,10H2,1H3/t11-/m1/s1. The van der Waals surface area contributed by atoms with E-state index in [1.165, 1.54) is 38.2 Å². The monoisotopic (exact) mass is 313 g/mol. The van der Waals surface area contributed by atoms with E-state index in [0.717, 1.165) is 22.5 Å². The van der Waals surface area contributed by atoms with Crippen LogP contribution < -0.4 is 5.32 Å². The van der Waals surface area contributed by atoms with Crippen LogP contribution in [-0.2, 0) is 6.54 Å². The Hall–Kier alpha value is -0.410. The lowest BCUT2D eigenvalue weighted by atomic mass is 9.84. The molecule has 0 spiro atoms. The van der Waals surface area contributed by atoms with Gasteiger partial charge in [-0.25, -0.2) is 4.39 Å². The minimum atomic E-state index is -0.175. The summed E-state index contributed by atoms with van der Waals surface area (Å²) in [5, 5.41) is 3.54. The van der Waals surface area contributed by atoms with Gasteiger partial charge in [0.1, 0.15) is 5.82 Å². The molecule has 1 nitrogen and oxygen atoms in total. The van der Waals surface area contributed by atoms with Gasteiger partial charge in [-0.2, -0.15) is 0 Å². The van der Waals surface area contributed by atoms with Crippen molar-refractivity contribution < 1.29 is 4.39 Å². The van der Waals surface area contributed by atoms with E-state index in [1.54, 1.807) is 6.07 Å². The van der Waals surface area contributed by atoms with Crippen LogP contribution in [0.15, 0.2) is 22.7 Å². The van der Waals surface area contributed by atoms with E-state index in [4.69, 9.17) is 0 Å². The molecule has 1 aliphatic rings. The van der Waals surface area contributed by atoms with Crippen LogP contribution in [0.3, 0.4) is 0 Å². The van der Waals surface area contributed by atoms with Crippen molar-refractivity contribution in [2.45, 2.75) is 51.6 Å². The van der Waals surface area contributed by atoms with Crippen molar-refractivity contribution >= 4 is 15.9 Å². The molecule has 1 atom stereocenters. The maximum absolute atomic E-state index is 13.2. The molecule has 1 fully saturated rings. The molecule has 100 valence electrons. The summed E-state index contributed by atoms with van der Waals surface area (Å²) in [7, 11) is 0. The van der Waals surface area contributed by atoms with Gasteiger partial charge in [0.15, 0.2) is 0 Å². The first-order valence-electron chi connectivity index (χ1n) is 6.83. The molecule has 1 saturated carbocycles. The van der Waals surface area contributed by atoms with E-state index in [1.807, 2.05) is 6.07 Å². The number of nitrogens with one attached hydrogen (secondary N) is 1. The Morgan fingerprint density at radius 1 is 1.28 bits per heavy atom. The molecule has 0 aromatic heterocycles. The zero-order valence-corrected chi connectivity index (χ0v) is 12.5. The fraction of sp³-hybridized carbons (Fsp3) is 0.600. The van der Waals surface area contributed by atoms with Crippen molar-refractivity contribution in [2.24, 2.45) is 5.92 Å². The number of hydrogen-bond acceptors (Lipinski definition) is 1. The second-order valence-corrected chi connectivity index (χ2v) is 6.26. The molecule has 0 radical (unpaired) electrons. The first-order valence-corrected chi connectivity index (χ1v) is 7.63. The molecule has 0 saturated heterocycles. The van der Waals surface area contributed by atoms with E-state index >= 15 is 0 Å². The topological polar surface area (TPSA) is 12.0 Å².